The summed E-state index contributed by atoms with van der Waals surface area (Å²) in [4.78, 5) is 18.1. The molecule has 0 amide bonds. The molecule has 0 saturated carbocycles. The lowest BCUT2D eigenvalue weighted by Crippen LogP contribution is -2.19. The van der Waals surface area contributed by atoms with Gasteiger partial charge in [-0.05, 0) is 122 Å². The van der Waals surface area contributed by atoms with Gasteiger partial charge in [-0.15, -0.1) is 0 Å². The van der Waals surface area contributed by atoms with E-state index >= 15 is 0 Å². The molecule has 12 rings (SSSR count). The lowest BCUT2D eigenvalue weighted by atomic mass is 9.77. The highest BCUT2D eigenvalue weighted by Gasteiger charge is 2.40. The second-order valence-electron chi connectivity index (χ2n) is 17.8. The molecule has 296 valence electrons. The van der Waals surface area contributed by atoms with Crippen molar-refractivity contribution >= 4 is 11.3 Å². The fraction of sp³-hybridized carbons (Fsp3) is 0.268. The number of aliphatic imine (C=N–C) groups is 1. The minimum Gasteiger partial charge on any atom is -0.364 e. The molecule has 4 heterocycles. The van der Waals surface area contributed by atoms with Crippen LogP contribution in [0.25, 0.3) is 39.0 Å². The second kappa shape index (κ2) is 14.9. The largest absolute Gasteiger partial charge is 0.364 e. The average Bonchev–Trinajstić information content (AvgIpc) is 4.12. The van der Waals surface area contributed by atoms with Crippen molar-refractivity contribution in [1.29, 1.82) is 0 Å². The number of fused-ring (bicyclic) bond motifs is 4. The maximum absolute atomic E-state index is 5.56. The summed E-state index contributed by atoms with van der Waals surface area (Å²) < 4.78 is 0. The molecule has 3 aromatic heterocycles. The van der Waals surface area contributed by atoms with Crippen LogP contribution >= 0.6 is 0 Å². The first kappa shape index (κ1) is 35.8. The molecule has 3 atom stereocenters. The Morgan fingerprint density at radius 2 is 0.950 bits per heavy atom. The molecule has 4 nitrogen and oxygen atoms in total. The normalized spacial score (nSPS) is 20.8. The lowest BCUT2D eigenvalue weighted by molar-refractivity contribution is 0.582. The Morgan fingerprint density at radius 1 is 0.450 bits per heavy atom. The van der Waals surface area contributed by atoms with Gasteiger partial charge in [-0.1, -0.05) is 127 Å². The van der Waals surface area contributed by atoms with Crippen LogP contribution in [-0.4, -0.2) is 20.7 Å². The highest BCUT2D eigenvalue weighted by atomic mass is 14.9. The quantitative estimate of drug-likeness (QED) is 0.144. The van der Waals surface area contributed by atoms with Gasteiger partial charge in [0.05, 0.1) is 11.4 Å². The summed E-state index contributed by atoms with van der Waals surface area (Å²) in [5, 5.41) is 0. The summed E-state index contributed by atoms with van der Waals surface area (Å²) in [6.45, 7) is 0. The molecule has 3 N–H and O–H groups in total. The van der Waals surface area contributed by atoms with E-state index in [9.17, 15) is 0 Å². The molecule has 1 aliphatic heterocycles. The van der Waals surface area contributed by atoms with Crippen LogP contribution in [0.4, 0.5) is 0 Å². The van der Waals surface area contributed by atoms with Gasteiger partial charge in [0.25, 0.3) is 0 Å². The average molecular weight is 781 g/mol. The molecule has 3 unspecified atom stereocenters. The molecule has 4 aromatic carbocycles. The van der Waals surface area contributed by atoms with Crippen molar-refractivity contribution in [1.82, 2.24) is 15.0 Å². The number of aromatic amines is 3. The predicted octanol–water partition coefficient (Wildman–Crippen LogP) is 14.0. The van der Waals surface area contributed by atoms with Gasteiger partial charge < -0.3 is 15.0 Å². The molecular weight excluding hydrogens is 729 g/mol. The third kappa shape index (κ3) is 5.82. The number of H-pyrrole nitrogens is 3. The Labute approximate surface area is 353 Å². The smallest absolute Gasteiger partial charge is 0.0632 e. The molecule has 4 heteroatoms. The van der Waals surface area contributed by atoms with Crippen molar-refractivity contribution in [2.24, 2.45) is 4.99 Å². The maximum atomic E-state index is 5.56. The summed E-state index contributed by atoms with van der Waals surface area (Å²) in [5.74, 6) is 0.750. The highest BCUT2D eigenvalue weighted by Crippen LogP contribution is 2.53. The van der Waals surface area contributed by atoms with E-state index in [1.807, 2.05) is 0 Å². The molecule has 5 aliphatic rings. The highest BCUT2D eigenvalue weighted by molar-refractivity contribution is 6.30. The molecule has 0 fully saturated rings. The van der Waals surface area contributed by atoms with Gasteiger partial charge in [-0.2, -0.15) is 0 Å². The summed E-state index contributed by atoms with van der Waals surface area (Å²) >= 11 is 0. The van der Waals surface area contributed by atoms with Gasteiger partial charge in [0, 0.05) is 74.7 Å². The Morgan fingerprint density at radius 3 is 1.55 bits per heavy atom. The van der Waals surface area contributed by atoms with E-state index < -0.39 is 0 Å². The number of allylic oxidation sites excluding steroid dienone is 3. The minimum absolute atomic E-state index is 0.230. The number of nitrogens with one attached hydrogen (secondary N) is 3. The summed E-state index contributed by atoms with van der Waals surface area (Å²) in [7, 11) is 0. The van der Waals surface area contributed by atoms with Crippen LogP contribution in [-0.2, 0) is 19.3 Å². The molecule has 0 saturated heterocycles. The minimum atomic E-state index is 0.230. The Bertz CT molecular complexity index is 2810. The topological polar surface area (TPSA) is 59.7 Å². The predicted molar refractivity (Wildman–Crippen MR) is 247 cm³/mol. The zero-order valence-corrected chi connectivity index (χ0v) is 34.4. The zero-order valence-electron chi connectivity index (χ0n) is 34.4. The number of rotatable bonds is 7. The van der Waals surface area contributed by atoms with Gasteiger partial charge in [0.2, 0.25) is 0 Å². The van der Waals surface area contributed by atoms with E-state index in [0.29, 0.717) is 0 Å². The summed E-state index contributed by atoms with van der Waals surface area (Å²) in [6, 6.07) is 44.7. The Kier molecular flexibility index (Phi) is 8.86. The van der Waals surface area contributed by atoms with Crippen molar-refractivity contribution in [2.75, 3.05) is 0 Å². The van der Waals surface area contributed by atoms with Gasteiger partial charge in [0.1, 0.15) is 0 Å². The first-order valence-corrected chi connectivity index (χ1v) is 22.7. The summed E-state index contributed by atoms with van der Waals surface area (Å²) in [6.07, 6.45) is 18.3. The summed E-state index contributed by atoms with van der Waals surface area (Å²) in [5.41, 5.74) is 26.4. The van der Waals surface area contributed by atoms with Crippen molar-refractivity contribution in [3.63, 3.8) is 0 Å². The molecule has 4 aliphatic carbocycles. The van der Waals surface area contributed by atoms with Crippen molar-refractivity contribution < 1.29 is 0 Å². The van der Waals surface area contributed by atoms with Crippen LogP contribution in [0.2, 0.25) is 0 Å². The number of hydrogen-bond donors (Lipinski definition) is 3. The van der Waals surface area contributed by atoms with Gasteiger partial charge in [-0.3, -0.25) is 4.99 Å². The maximum Gasteiger partial charge on any atom is 0.0632 e. The standard InChI is InChI=1S/C56H52N4/c1-5-18-35(19-6-1)46-34-57-51-39(46)27-15-30-43(51)55-49(37-22-9-3-10-23-37)41-29-17-32-45(53(41)59-55)56-50(38-24-11-4-12-25-38)42-28-16-31-44(52(42)60-56)54-48(36-20-7-2-8-21-36)40-26-13-14-33-47(40)58-54/h1-12,18-25,33-34,43-45,57,59-60H,13-17,26-32H2. The monoisotopic (exact) mass is 780 g/mol. The van der Waals surface area contributed by atoms with E-state index in [0.717, 1.165) is 64.2 Å². The van der Waals surface area contributed by atoms with Crippen LogP contribution in [0.15, 0.2) is 150 Å². The molecule has 0 bridgehead atoms. The van der Waals surface area contributed by atoms with Crippen LogP contribution < -0.4 is 0 Å². The molecule has 0 spiro atoms. The lowest BCUT2D eigenvalue weighted by Gasteiger charge is -2.25. The van der Waals surface area contributed by atoms with Crippen LogP contribution in [0.5, 0.6) is 0 Å². The fourth-order valence-electron chi connectivity index (χ4n) is 12.0. The van der Waals surface area contributed by atoms with Crippen LogP contribution in [0.1, 0.15) is 126 Å². The Balaban J connectivity index is 1.03. The van der Waals surface area contributed by atoms with Gasteiger partial charge in [-0.25, -0.2) is 0 Å². The van der Waals surface area contributed by atoms with Gasteiger partial charge in [0.15, 0.2) is 0 Å². The Hall–Kier alpha value is -6.13. The molecular formula is C56H52N4. The second-order valence-corrected chi connectivity index (χ2v) is 17.8. The van der Waals surface area contributed by atoms with E-state index in [-0.39, 0.29) is 17.8 Å². The third-order valence-corrected chi connectivity index (χ3v) is 14.5. The van der Waals surface area contributed by atoms with Crippen molar-refractivity contribution in [3.05, 3.63) is 196 Å². The first-order chi connectivity index (χ1) is 29.8. The first-order valence-electron chi connectivity index (χ1n) is 22.7. The van der Waals surface area contributed by atoms with E-state index in [2.05, 4.69) is 149 Å². The number of nitrogens with zero attached hydrogens (tertiary/aromatic N) is 1. The number of benzene rings is 4. The number of aromatic nitrogens is 3. The van der Waals surface area contributed by atoms with E-state index in [1.165, 1.54) is 120 Å². The SMILES string of the molecule is C1=C2N=C(C3CCCc4c3[nH]c(C3CCCc5c3[nH]c(C3CCCc6c(-c7ccccc7)c[nH]c63)c5-c3ccccc3)c4-c3ccccc3)C(c3ccccc3)=C2CCC1. The van der Waals surface area contributed by atoms with Crippen LogP contribution in [0.3, 0.4) is 0 Å². The van der Waals surface area contributed by atoms with Crippen molar-refractivity contribution in [2.45, 2.75) is 94.8 Å². The van der Waals surface area contributed by atoms with E-state index in [4.69, 9.17) is 4.99 Å². The van der Waals surface area contributed by atoms with Crippen LogP contribution in [0, 0.1) is 0 Å². The van der Waals surface area contributed by atoms with E-state index in [1.54, 1.807) is 0 Å². The molecule has 7 aromatic rings. The zero-order chi connectivity index (χ0) is 39.6. The number of hydrogen-bond acceptors (Lipinski definition) is 1. The molecule has 60 heavy (non-hydrogen) atoms. The third-order valence-electron chi connectivity index (χ3n) is 14.5. The van der Waals surface area contributed by atoms with Crippen molar-refractivity contribution in [3.8, 4) is 33.4 Å². The molecule has 0 radical (unpaired) electrons. The van der Waals surface area contributed by atoms with Gasteiger partial charge >= 0.3 is 0 Å². The fourth-order valence-corrected chi connectivity index (χ4v) is 12.0.